The molecule has 6 heteroatoms. The predicted molar refractivity (Wildman–Crippen MR) is 68.5 cm³/mol. The molecule has 94 valence electrons. The van der Waals surface area contributed by atoms with Gasteiger partial charge in [0.05, 0.1) is 11.9 Å². The van der Waals surface area contributed by atoms with Crippen LogP contribution >= 0.6 is 0 Å². The van der Waals surface area contributed by atoms with Crippen molar-refractivity contribution in [3.63, 3.8) is 0 Å². The number of methoxy groups -OCH3 is 1. The molecule has 3 N–H and O–H groups in total. The summed E-state index contributed by atoms with van der Waals surface area (Å²) in [5.74, 6) is 0.358. The van der Waals surface area contributed by atoms with Gasteiger partial charge in [0.25, 0.3) is 5.91 Å². The summed E-state index contributed by atoms with van der Waals surface area (Å²) in [4.78, 5) is 11.5. The summed E-state index contributed by atoms with van der Waals surface area (Å²) in [7, 11) is 1.47. The lowest BCUT2D eigenvalue weighted by atomic mass is 10.3. The van der Waals surface area contributed by atoms with E-state index in [1.165, 1.54) is 7.11 Å². The summed E-state index contributed by atoms with van der Waals surface area (Å²) in [6.07, 6.45) is 1.61. The van der Waals surface area contributed by atoms with Crippen LogP contribution in [0.25, 0.3) is 5.69 Å². The molecule has 2 aromatic rings. The van der Waals surface area contributed by atoms with Crippen molar-refractivity contribution in [3.05, 3.63) is 36.5 Å². The first-order valence-corrected chi connectivity index (χ1v) is 5.39. The van der Waals surface area contributed by atoms with Crippen LogP contribution in [-0.2, 0) is 9.53 Å². The maximum Gasteiger partial charge on any atom is 0.251 e. The van der Waals surface area contributed by atoms with Crippen LogP contribution in [0.3, 0.4) is 0 Å². The van der Waals surface area contributed by atoms with Crippen molar-refractivity contribution in [2.24, 2.45) is 0 Å². The van der Waals surface area contributed by atoms with Crippen molar-refractivity contribution in [1.29, 1.82) is 0 Å². The van der Waals surface area contributed by atoms with E-state index in [4.69, 9.17) is 10.5 Å². The molecular formula is C12H14N4O2. The van der Waals surface area contributed by atoms with Gasteiger partial charge in [-0.05, 0) is 24.3 Å². The van der Waals surface area contributed by atoms with Crippen LogP contribution in [0.2, 0.25) is 0 Å². The number of anilines is 2. The lowest BCUT2D eigenvalue weighted by molar-refractivity contribution is -0.119. The van der Waals surface area contributed by atoms with Gasteiger partial charge in [-0.25, -0.2) is 4.68 Å². The zero-order chi connectivity index (χ0) is 13.0. The number of ether oxygens (including phenoxy) is 1. The van der Waals surface area contributed by atoms with E-state index in [0.29, 0.717) is 11.5 Å². The van der Waals surface area contributed by atoms with Gasteiger partial charge in [-0.15, -0.1) is 0 Å². The molecule has 0 saturated heterocycles. The van der Waals surface area contributed by atoms with Crippen molar-refractivity contribution >= 4 is 17.4 Å². The summed E-state index contributed by atoms with van der Waals surface area (Å²) in [5.41, 5.74) is 7.12. The Bertz CT molecular complexity index is 533. The average Bonchev–Trinajstić information content (AvgIpc) is 2.78. The van der Waals surface area contributed by atoms with Crippen LogP contribution in [0.4, 0.5) is 11.5 Å². The Morgan fingerprint density at radius 3 is 2.78 bits per heavy atom. The Labute approximate surface area is 104 Å². The Balaban J connectivity index is 2.22. The van der Waals surface area contributed by atoms with Crippen molar-refractivity contribution in [2.45, 2.75) is 0 Å². The first kappa shape index (κ1) is 12.1. The van der Waals surface area contributed by atoms with Crippen molar-refractivity contribution in [1.82, 2.24) is 9.78 Å². The zero-order valence-corrected chi connectivity index (χ0v) is 9.96. The fraction of sp³-hybridized carbons (Fsp3) is 0.167. The monoisotopic (exact) mass is 246 g/mol. The summed E-state index contributed by atoms with van der Waals surface area (Å²) < 4.78 is 6.37. The summed E-state index contributed by atoms with van der Waals surface area (Å²) in [6.45, 7) is 0.00686. The van der Waals surface area contributed by atoms with E-state index in [0.717, 1.165) is 5.69 Å². The molecule has 1 heterocycles. The standard InChI is InChI=1S/C12H14N4O2/c1-18-8-12(17)15-11-6-7-14-16(11)10-4-2-9(13)3-5-10/h2-7H,8,13H2,1H3,(H,15,17). The molecule has 0 unspecified atom stereocenters. The first-order valence-electron chi connectivity index (χ1n) is 5.39. The predicted octanol–water partition coefficient (Wildman–Crippen LogP) is 1.04. The quantitative estimate of drug-likeness (QED) is 0.790. The Morgan fingerprint density at radius 2 is 2.11 bits per heavy atom. The lowest BCUT2D eigenvalue weighted by Gasteiger charge is -2.08. The van der Waals surface area contributed by atoms with Crippen LogP contribution < -0.4 is 11.1 Å². The third kappa shape index (κ3) is 2.67. The van der Waals surface area contributed by atoms with Crippen LogP contribution in [0.5, 0.6) is 0 Å². The van der Waals surface area contributed by atoms with Crippen LogP contribution in [0, 0.1) is 0 Å². The van der Waals surface area contributed by atoms with E-state index in [9.17, 15) is 4.79 Å². The highest BCUT2D eigenvalue weighted by Crippen LogP contribution is 2.16. The zero-order valence-electron chi connectivity index (χ0n) is 9.96. The van der Waals surface area contributed by atoms with Gasteiger partial charge in [0.15, 0.2) is 0 Å². The number of nitrogens with zero attached hydrogens (tertiary/aromatic N) is 2. The van der Waals surface area contributed by atoms with Crippen molar-refractivity contribution < 1.29 is 9.53 Å². The highest BCUT2D eigenvalue weighted by atomic mass is 16.5. The summed E-state index contributed by atoms with van der Waals surface area (Å²) in [5, 5.41) is 6.86. The van der Waals surface area contributed by atoms with E-state index in [1.807, 2.05) is 12.1 Å². The molecule has 1 aromatic heterocycles. The second-order valence-corrected chi connectivity index (χ2v) is 3.70. The number of rotatable bonds is 4. The van der Waals surface area contributed by atoms with E-state index in [-0.39, 0.29) is 12.5 Å². The number of benzene rings is 1. The largest absolute Gasteiger partial charge is 0.399 e. The van der Waals surface area contributed by atoms with E-state index >= 15 is 0 Å². The van der Waals surface area contributed by atoms with Gasteiger partial charge in [-0.2, -0.15) is 5.10 Å². The Morgan fingerprint density at radius 1 is 1.39 bits per heavy atom. The van der Waals surface area contributed by atoms with Gasteiger partial charge in [-0.3, -0.25) is 4.79 Å². The van der Waals surface area contributed by atoms with Gasteiger partial charge in [0, 0.05) is 18.9 Å². The number of hydrogen-bond donors (Lipinski definition) is 2. The second kappa shape index (κ2) is 5.33. The van der Waals surface area contributed by atoms with Crippen LogP contribution in [0.1, 0.15) is 0 Å². The molecule has 0 aliphatic carbocycles. The minimum atomic E-state index is -0.227. The van der Waals surface area contributed by atoms with Gasteiger partial charge >= 0.3 is 0 Å². The maximum absolute atomic E-state index is 11.5. The normalized spacial score (nSPS) is 10.3. The molecule has 0 saturated carbocycles. The highest BCUT2D eigenvalue weighted by Gasteiger charge is 2.08. The SMILES string of the molecule is COCC(=O)Nc1ccnn1-c1ccc(N)cc1. The Kier molecular flexibility index (Phi) is 3.59. The first-order chi connectivity index (χ1) is 8.70. The van der Waals surface area contributed by atoms with Crippen LogP contribution in [-0.4, -0.2) is 29.4 Å². The van der Waals surface area contributed by atoms with E-state index in [1.54, 1.807) is 29.1 Å². The minimum absolute atomic E-state index is 0.00686. The molecular weight excluding hydrogens is 232 g/mol. The number of hydrogen-bond acceptors (Lipinski definition) is 4. The number of nitrogens with one attached hydrogen (secondary N) is 1. The van der Waals surface area contributed by atoms with Crippen LogP contribution in [0.15, 0.2) is 36.5 Å². The molecule has 0 radical (unpaired) electrons. The molecule has 1 aromatic carbocycles. The lowest BCUT2D eigenvalue weighted by Crippen LogP contribution is -2.19. The number of nitrogen functional groups attached to an aromatic ring is 1. The fourth-order valence-electron chi connectivity index (χ4n) is 1.53. The molecule has 1 amide bonds. The number of amides is 1. The number of carbonyl (C=O) groups is 1. The van der Waals surface area contributed by atoms with E-state index in [2.05, 4.69) is 10.4 Å². The maximum atomic E-state index is 11.5. The Hall–Kier alpha value is -2.34. The average molecular weight is 246 g/mol. The molecule has 18 heavy (non-hydrogen) atoms. The topological polar surface area (TPSA) is 82.2 Å². The third-order valence-corrected chi connectivity index (χ3v) is 2.32. The fourth-order valence-corrected chi connectivity index (χ4v) is 1.53. The molecule has 0 atom stereocenters. The number of carbonyl (C=O) groups excluding carboxylic acids is 1. The van der Waals surface area contributed by atoms with Gasteiger partial charge in [0.2, 0.25) is 0 Å². The smallest absolute Gasteiger partial charge is 0.251 e. The summed E-state index contributed by atoms with van der Waals surface area (Å²) >= 11 is 0. The molecule has 0 fully saturated rings. The minimum Gasteiger partial charge on any atom is -0.399 e. The molecule has 6 nitrogen and oxygen atoms in total. The highest BCUT2D eigenvalue weighted by molar-refractivity contribution is 5.91. The van der Waals surface area contributed by atoms with Crippen molar-refractivity contribution in [2.75, 3.05) is 24.8 Å². The number of aromatic nitrogens is 2. The van der Waals surface area contributed by atoms with Gasteiger partial charge in [-0.1, -0.05) is 0 Å². The van der Waals surface area contributed by atoms with Crippen molar-refractivity contribution in [3.8, 4) is 5.69 Å². The molecule has 0 aliphatic rings. The second-order valence-electron chi connectivity index (χ2n) is 3.70. The summed E-state index contributed by atoms with van der Waals surface area (Å²) in [6, 6.07) is 8.92. The molecule has 2 rings (SSSR count). The van der Waals surface area contributed by atoms with Gasteiger partial charge < -0.3 is 15.8 Å². The van der Waals surface area contributed by atoms with Gasteiger partial charge in [0.1, 0.15) is 12.4 Å². The van der Waals surface area contributed by atoms with E-state index < -0.39 is 0 Å². The molecule has 0 bridgehead atoms. The molecule has 0 aliphatic heterocycles. The number of nitrogens with two attached hydrogens (primary N) is 1. The molecule has 0 spiro atoms. The third-order valence-electron chi connectivity index (χ3n) is 2.32.